The predicted molar refractivity (Wildman–Crippen MR) is 91.9 cm³/mol. The smallest absolute Gasteiger partial charge is 0.340 e. The molecule has 0 aliphatic carbocycles. The molecule has 3 rings (SSSR count). The van der Waals surface area contributed by atoms with Crippen LogP contribution in [0.15, 0.2) is 54.6 Å². The Labute approximate surface area is 137 Å². The molecule has 0 atom stereocenters. The van der Waals surface area contributed by atoms with E-state index in [9.17, 15) is 4.79 Å². The Morgan fingerprint density at radius 1 is 1.09 bits per heavy atom. The first-order valence-electron chi connectivity index (χ1n) is 7.18. The zero-order valence-electron chi connectivity index (χ0n) is 12.3. The van der Waals surface area contributed by atoms with Crippen LogP contribution in [0.5, 0.6) is 0 Å². The number of ether oxygens (including phenoxy) is 1. The molecule has 0 N–H and O–H groups in total. The Morgan fingerprint density at radius 2 is 1.77 bits per heavy atom. The molecule has 22 heavy (non-hydrogen) atoms. The molecule has 0 amide bonds. The number of hydrogen-bond acceptors (Lipinski definition) is 2. The lowest BCUT2D eigenvalue weighted by Gasteiger charge is -2.10. The summed E-state index contributed by atoms with van der Waals surface area (Å²) in [7, 11) is 0. The maximum absolute atomic E-state index is 12.4. The molecule has 3 aromatic rings. The Bertz CT molecular complexity index is 809. The van der Waals surface area contributed by atoms with Crippen LogP contribution < -0.4 is 0 Å². The fourth-order valence-corrected chi connectivity index (χ4v) is 3.25. The number of para-hydroxylation sites is 2. The van der Waals surface area contributed by atoms with Crippen LogP contribution in [0.2, 0.25) is 0 Å². The van der Waals surface area contributed by atoms with E-state index in [0.29, 0.717) is 17.5 Å². The molecule has 3 nitrogen and oxygen atoms in total. The van der Waals surface area contributed by atoms with E-state index in [1.165, 1.54) is 0 Å². The van der Waals surface area contributed by atoms with Crippen molar-refractivity contribution in [2.45, 2.75) is 12.3 Å². The lowest BCUT2D eigenvalue weighted by molar-refractivity contribution is 0.0527. The Kier molecular flexibility index (Phi) is 4.29. The van der Waals surface area contributed by atoms with Gasteiger partial charge in [0.25, 0.3) is 0 Å². The summed E-state index contributed by atoms with van der Waals surface area (Å²) in [5.41, 5.74) is 3.58. The molecule has 112 valence electrons. The van der Waals surface area contributed by atoms with Gasteiger partial charge in [-0.3, -0.25) is 0 Å². The highest BCUT2D eigenvalue weighted by Crippen LogP contribution is 2.31. The first-order chi connectivity index (χ1) is 10.8. The normalized spacial score (nSPS) is 10.8. The molecule has 0 bridgehead atoms. The quantitative estimate of drug-likeness (QED) is 0.500. The molecule has 1 heterocycles. The number of fused-ring (bicyclic) bond motifs is 1. The van der Waals surface area contributed by atoms with E-state index < -0.39 is 0 Å². The second kappa shape index (κ2) is 6.36. The second-order valence-electron chi connectivity index (χ2n) is 4.86. The average molecular weight is 358 g/mol. The number of carbonyl (C=O) groups is 1. The van der Waals surface area contributed by atoms with E-state index in [1.807, 2.05) is 61.5 Å². The number of halogens is 1. The lowest BCUT2D eigenvalue weighted by atomic mass is 10.1. The number of carbonyl (C=O) groups excluding carboxylic acids is 1. The first-order valence-corrected chi connectivity index (χ1v) is 8.31. The number of benzene rings is 2. The third kappa shape index (κ3) is 2.44. The number of aromatic nitrogens is 1. The summed E-state index contributed by atoms with van der Waals surface area (Å²) in [6, 6.07) is 18.0. The van der Waals surface area contributed by atoms with Crippen LogP contribution in [0.25, 0.3) is 16.6 Å². The van der Waals surface area contributed by atoms with Crippen LogP contribution in [-0.2, 0) is 10.1 Å². The van der Waals surface area contributed by atoms with Gasteiger partial charge in [-0.15, -0.1) is 0 Å². The van der Waals surface area contributed by atoms with Gasteiger partial charge in [0.2, 0.25) is 0 Å². The van der Waals surface area contributed by atoms with Crippen LogP contribution in [0, 0.1) is 0 Å². The highest BCUT2D eigenvalue weighted by Gasteiger charge is 2.23. The van der Waals surface area contributed by atoms with Gasteiger partial charge in [0.1, 0.15) is 0 Å². The van der Waals surface area contributed by atoms with Crippen LogP contribution in [-0.4, -0.2) is 17.1 Å². The minimum atomic E-state index is -0.275. The van der Waals surface area contributed by atoms with Crippen LogP contribution >= 0.6 is 15.9 Å². The number of esters is 1. The summed E-state index contributed by atoms with van der Waals surface area (Å²) >= 11 is 3.53. The van der Waals surface area contributed by atoms with Gasteiger partial charge in [0, 0.05) is 22.1 Å². The maximum atomic E-state index is 12.4. The van der Waals surface area contributed by atoms with Gasteiger partial charge >= 0.3 is 5.97 Å². The maximum Gasteiger partial charge on any atom is 0.340 e. The van der Waals surface area contributed by atoms with Crippen LogP contribution in [0.3, 0.4) is 0 Å². The highest BCUT2D eigenvalue weighted by molar-refractivity contribution is 9.08. The van der Waals surface area contributed by atoms with Gasteiger partial charge in [-0.2, -0.15) is 0 Å². The fourth-order valence-electron chi connectivity index (χ4n) is 2.72. The summed E-state index contributed by atoms with van der Waals surface area (Å²) in [6.07, 6.45) is 0. The van der Waals surface area contributed by atoms with E-state index in [4.69, 9.17) is 4.74 Å². The summed E-state index contributed by atoms with van der Waals surface area (Å²) in [5.74, 6) is -0.275. The molecular formula is C18H16BrNO2. The summed E-state index contributed by atoms with van der Waals surface area (Å²) in [4.78, 5) is 12.4. The van der Waals surface area contributed by atoms with E-state index >= 15 is 0 Å². The average Bonchev–Trinajstić information content (AvgIpc) is 2.90. The van der Waals surface area contributed by atoms with Crippen molar-refractivity contribution in [3.63, 3.8) is 0 Å². The van der Waals surface area contributed by atoms with Crippen molar-refractivity contribution >= 4 is 32.8 Å². The Balaban J connectivity index is 2.35. The van der Waals surface area contributed by atoms with Gasteiger partial charge in [0.15, 0.2) is 0 Å². The third-order valence-corrected chi connectivity index (χ3v) is 4.12. The van der Waals surface area contributed by atoms with E-state index in [0.717, 1.165) is 22.3 Å². The predicted octanol–water partition coefficient (Wildman–Crippen LogP) is 4.70. The van der Waals surface area contributed by atoms with Crippen molar-refractivity contribution in [2.24, 2.45) is 0 Å². The van der Waals surface area contributed by atoms with E-state index in [2.05, 4.69) is 20.5 Å². The number of rotatable bonds is 4. The molecule has 0 saturated carbocycles. The van der Waals surface area contributed by atoms with Gasteiger partial charge in [-0.1, -0.05) is 52.3 Å². The molecule has 0 saturated heterocycles. The van der Waals surface area contributed by atoms with Crippen molar-refractivity contribution < 1.29 is 9.53 Å². The first kappa shape index (κ1) is 14.9. The molecule has 4 heteroatoms. The molecule has 2 aromatic carbocycles. The number of alkyl halides is 1. The lowest BCUT2D eigenvalue weighted by Crippen LogP contribution is -2.08. The largest absolute Gasteiger partial charge is 0.462 e. The third-order valence-electron chi connectivity index (χ3n) is 3.59. The fraction of sp³-hybridized carbons (Fsp3) is 0.167. The van der Waals surface area contributed by atoms with Crippen LogP contribution in [0.4, 0.5) is 0 Å². The SMILES string of the molecule is CCOC(=O)c1c(CBr)n(-c2ccccc2)c2ccccc12. The zero-order valence-corrected chi connectivity index (χ0v) is 13.8. The summed E-state index contributed by atoms with van der Waals surface area (Å²) in [6.45, 7) is 2.19. The van der Waals surface area contributed by atoms with E-state index in [-0.39, 0.29) is 5.97 Å². The molecule has 0 fully saturated rings. The van der Waals surface area contributed by atoms with Crippen molar-refractivity contribution in [1.29, 1.82) is 0 Å². The molecule has 1 aromatic heterocycles. The summed E-state index contributed by atoms with van der Waals surface area (Å²) in [5, 5.41) is 1.49. The second-order valence-corrected chi connectivity index (χ2v) is 5.42. The summed E-state index contributed by atoms with van der Waals surface area (Å²) < 4.78 is 7.36. The van der Waals surface area contributed by atoms with Gasteiger partial charge < -0.3 is 9.30 Å². The Morgan fingerprint density at radius 3 is 2.45 bits per heavy atom. The number of hydrogen-bond donors (Lipinski definition) is 0. The zero-order chi connectivity index (χ0) is 15.5. The van der Waals surface area contributed by atoms with Crippen molar-refractivity contribution in [3.05, 3.63) is 65.9 Å². The minimum Gasteiger partial charge on any atom is -0.462 e. The molecule has 0 aliphatic heterocycles. The Hall–Kier alpha value is -2.07. The van der Waals surface area contributed by atoms with Gasteiger partial charge in [0.05, 0.1) is 17.7 Å². The molecular weight excluding hydrogens is 342 g/mol. The molecule has 0 unspecified atom stereocenters. The monoisotopic (exact) mass is 357 g/mol. The number of nitrogens with zero attached hydrogens (tertiary/aromatic N) is 1. The topological polar surface area (TPSA) is 31.2 Å². The van der Waals surface area contributed by atoms with Gasteiger partial charge in [-0.25, -0.2) is 4.79 Å². The van der Waals surface area contributed by atoms with Crippen molar-refractivity contribution in [1.82, 2.24) is 4.57 Å². The molecule has 0 spiro atoms. The molecule has 0 aliphatic rings. The highest BCUT2D eigenvalue weighted by atomic mass is 79.9. The molecule has 0 radical (unpaired) electrons. The van der Waals surface area contributed by atoms with Crippen LogP contribution in [0.1, 0.15) is 23.0 Å². The van der Waals surface area contributed by atoms with Crippen molar-refractivity contribution in [3.8, 4) is 5.69 Å². The van der Waals surface area contributed by atoms with E-state index in [1.54, 1.807) is 0 Å². The van der Waals surface area contributed by atoms with Gasteiger partial charge in [-0.05, 0) is 25.1 Å². The van der Waals surface area contributed by atoms with Crippen molar-refractivity contribution in [2.75, 3.05) is 6.61 Å². The minimum absolute atomic E-state index is 0.275. The standard InChI is InChI=1S/C18H16BrNO2/c1-2-22-18(21)17-14-10-6-7-11-15(14)20(16(17)12-19)13-8-4-3-5-9-13/h3-11H,2,12H2,1H3.